The SMILES string of the molecule is COc1ccc(S(=O)(=O)N2CCOCC2)cc1NC(=O)COc1cc(C)cc(C)c1. The molecule has 0 aliphatic carbocycles. The van der Waals surface area contributed by atoms with Crippen LogP contribution < -0.4 is 14.8 Å². The summed E-state index contributed by atoms with van der Waals surface area (Å²) in [4.78, 5) is 12.5. The van der Waals surface area contributed by atoms with Gasteiger partial charge in [-0.25, -0.2) is 8.42 Å². The number of aryl methyl sites for hydroxylation is 2. The van der Waals surface area contributed by atoms with Gasteiger partial charge in [0, 0.05) is 13.1 Å². The van der Waals surface area contributed by atoms with E-state index >= 15 is 0 Å². The number of morpholine rings is 1. The van der Waals surface area contributed by atoms with Crippen LogP contribution in [0.15, 0.2) is 41.3 Å². The maximum absolute atomic E-state index is 12.9. The van der Waals surface area contributed by atoms with Crippen LogP contribution in [0.4, 0.5) is 5.69 Å². The van der Waals surface area contributed by atoms with Gasteiger partial charge in [0.1, 0.15) is 11.5 Å². The molecule has 1 saturated heterocycles. The molecule has 0 saturated carbocycles. The number of benzene rings is 2. The summed E-state index contributed by atoms with van der Waals surface area (Å²) in [6.07, 6.45) is 0. The molecule has 0 unspecified atom stereocenters. The molecule has 162 valence electrons. The van der Waals surface area contributed by atoms with Crippen LogP contribution in [-0.4, -0.2) is 58.7 Å². The predicted molar refractivity (Wildman–Crippen MR) is 113 cm³/mol. The second kappa shape index (κ2) is 9.46. The second-order valence-corrected chi connectivity index (χ2v) is 8.98. The van der Waals surface area contributed by atoms with Gasteiger partial charge in [-0.3, -0.25) is 4.79 Å². The maximum atomic E-state index is 12.9. The van der Waals surface area contributed by atoms with Crippen LogP contribution in [0.1, 0.15) is 11.1 Å². The highest BCUT2D eigenvalue weighted by Crippen LogP contribution is 2.29. The van der Waals surface area contributed by atoms with E-state index in [4.69, 9.17) is 14.2 Å². The molecule has 8 nitrogen and oxygen atoms in total. The molecule has 2 aromatic carbocycles. The van der Waals surface area contributed by atoms with E-state index < -0.39 is 15.9 Å². The van der Waals surface area contributed by atoms with Crippen molar-refractivity contribution < 1.29 is 27.4 Å². The zero-order valence-corrected chi connectivity index (χ0v) is 18.1. The molecule has 1 heterocycles. The van der Waals surface area contributed by atoms with Gasteiger partial charge >= 0.3 is 0 Å². The minimum atomic E-state index is -3.69. The lowest BCUT2D eigenvalue weighted by Crippen LogP contribution is -2.40. The Morgan fingerprint density at radius 2 is 1.77 bits per heavy atom. The van der Waals surface area contributed by atoms with Crippen molar-refractivity contribution in [3.8, 4) is 11.5 Å². The topological polar surface area (TPSA) is 94.2 Å². The average molecular weight is 435 g/mol. The molecule has 0 aromatic heterocycles. The number of rotatable bonds is 7. The highest BCUT2D eigenvalue weighted by atomic mass is 32.2. The summed E-state index contributed by atoms with van der Waals surface area (Å²) in [5.74, 6) is 0.530. The van der Waals surface area contributed by atoms with E-state index in [-0.39, 0.29) is 17.2 Å². The molecule has 0 bridgehead atoms. The van der Waals surface area contributed by atoms with E-state index in [0.29, 0.717) is 37.8 Å². The zero-order valence-electron chi connectivity index (χ0n) is 17.3. The van der Waals surface area contributed by atoms with E-state index in [1.165, 1.54) is 29.6 Å². The monoisotopic (exact) mass is 434 g/mol. The van der Waals surface area contributed by atoms with Gasteiger partial charge in [-0.1, -0.05) is 6.07 Å². The molecule has 2 aromatic rings. The number of nitrogens with zero attached hydrogens (tertiary/aromatic N) is 1. The number of amides is 1. The van der Waals surface area contributed by atoms with Gasteiger partial charge in [0.05, 0.1) is 30.9 Å². The van der Waals surface area contributed by atoms with Gasteiger partial charge in [0.15, 0.2) is 6.61 Å². The van der Waals surface area contributed by atoms with Crippen LogP contribution in [0.2, 0.25) is 0 Å². The van der Waals surface area contributed by atoms with E-state index in [9.17, 15) is 13.2 Å². The van der Waals surface area contributed by atoms with Crippen molar-refractivity contribution in [1.82, 2.24) is 4.31 Å². The fourth-order valence-corrected chi connectivity index (χ4v) is 4.67. The van der Waals surface area contributed by atoms with E-state index in [1.54, 1.807) is 0 Å². The summed E-state index contributed by atoms with van der Waals surface area (Å²) in [6, 6.07) is 10.1. The van der Waals surface area contributed by atoms with Crippen molar-refractivity contribution in [2.75, 3.05) is 45.3 Å². The summed E-state index contributed by atoms with van der Waals surface area (Å²) in [5.41, 5.74) is 2.34. The Balaban J connectivity index is 1.74. The molecule has 1 fully saturated rings. The Morgan fingerprint density at radius 1 is 1.10 bits per heavy atom. The number of sulfonamides is 1. The lowest BCUT2D eigenvalue weighted by Gasteiger charge is -2.26. The number of carbonyl (C=O) groups excluding carboxylic acids is 1. The molecule has 1 N–H and O–H groups in total. The van der Waals surface area contributed by atoms with Crippen LogP contribution in [-0.2, 0) is 19.6 Å². The van der Waals surface area contributed by atoms with Crippen LogP contribution >= 0.6 is 0 Å². The third-order valence-electron chi connectivity index (χ3n) is 4.62. The van der Waals surface area contributed by atoms with Crippen molar-refractivity contribution in [2.45, 2.75) is 18.7 Å². The molecule has 3 rings (SSSR count). The van der Waals surface area contributed by atoms with Gasteiger partial charge in [-0.15, -0.1) is 0 Å². The van der Waals surface area contributed by atoms with Gasteiger partial charge in [0.25, 0.3) is 5.91 Å². The highest BCUT2D eigenvalue weighted by Gasteiger charge is 2.27. The van der Waals surface area contributed by atoms with Gasteiger partial charge < -0.3 is 19.5 Å². The molecule has 30 heavy (non-hydrogen) atoms. The van der Waals surface area contributed by atoms with Crippen LogP contribution in [0, 0.1) is 13.8 Å². The number of hydrogen-bond donors (Lipinski definition) is 1. The van der Waals surface area contributed by atoms with Crippen molar-refractivity contribution in [3.63, 3.8) is 0 Å². The smallest absolute Gasteiger partial charge is 0.262 e. The number of carbonyl (C=O) groups is 1. The van der Waals surface area contributed by atoms with Gasteiger partial charge in [0.2, 0.25) is 10.0 Å². The van der Waals surface area contributed by atoms with Gasteiger partial charge in [-0.2, -0.15) is 4.31 Å². The predicted octanol–water partition coefficient (Wildman–Crippen LogP) is 2.35. The third-order valence-corrected chi connectivity index (χ3v) is 6.51. The first-order valence-corrected chi connectivity index (χ1v) is 11.0. The minimum Gasteiger partial charge on any atom is -0.495 e. The van der Waals surface area contributed by atoms with Crippen molar-refractivity contribution in [1.29, 1.82) is 0 Å². The van der Waals surface area contributed by atoms with Crippen LogP contribution in [0.25, 0.3) is 0 Å². The summed E-state index contributed by atoms with van der Waals surface area (Å²) >= 11 is 0. The van der Waals surface area contributed by atoms with Gasteiger partial charge in [-0.05, 0) is 55.3 Å². The standard InChI is InChI=1S/C21H26N2O6S/c1-15-10-16(2)12-17(11-15)29-14-21(24)22-19-13-18(4-5-20(19)27-3)30(25,26)23-6-8-28-9-7-23/h4-5,10-13H,6-9,14H2,1-3H3,(H,22,24). The Hall–Kier alpha value is -2.62. The Labute approximate surface area is 176 Å². The normalized spacial score (nSPS) is 14.9. The summed E-state index contributed by atoms with van der Waals surface area (Å²) in [7, 11) is -2.24. The Bertz CT molecular complexity index is 996. The fraction of sp³-hybridized carbons (Fsp3) is 0.381. The average Bonchev–Trinajstić information content (AvgIpc) is 2.72. The number of anilines is 1. The second-order valence-electron chi connectivity index (χ2n) is 7.04. The van der Waals surface area contributed by atoms with Crippen LogP contribution in [0.5, 0.6) is 11.5 Å². The number of ether oxygens (including phenoxy) is 3. The number of nitrogens with one attached hydrogen (secondary N) is 1. The number of methoxy groups -OCH3 is 1. The molecular weight excluding hydrogens is 408 g/mol. The first-order valence-electron chi connectivity index (χ1n) is 9.56. The van der Waals surface area contributed by atoms with Crippen LogP contribution in [0.3, 0.4) is 0 Å². The quantitative estimate of drug-likeness (QED) is 0.719. The summed E-state index contributed by atoms with van der Waals surface area (Å²) < 4.78 is 43.2. The van der Waals surface area contributed by atoms with Crippen molar-refractivity contribution in [3.05, 3.63) is 47.5 Å². The molecular formula is C21H26N2O6S. The summed E-state index contributed by atoms with van der Waals surface area (Å²) in [5, 5.41) is 2.68. The Kier molecular flexibility index (Phi) is 6.96. The number of hydrogen-bond acceptors (Lipinski definition) is 6. The summed E-state index contributed by atoms with van der Waals surface area (Å²) in [6.45, 7) is 4.98. The zero-order chi connectivity index (χ0) is 21.7. The molecule has 0 spiro atoms. The lowest BCUT2D eigenvalue weighted by molar-refractivity contribution is -0.118. The molecule has 1 aliphatic heterocycles. The minimum absolute atomic E-state index is 0.0794. The molecule has 0 radical (unpaired) electrons. The molecule has 9 heteroatoms. The first kappa shape index (κ1) is 22.1. The fourth-order valence-electron chi connectivity index (χ4n) is 3.23. The molecule has 1 amide bonds. The highest BCUT2D eigenvalue weighted by molar-refractivity contribution is 7.89. The van der Waals surface area contributed by atoms with Crippen molar-refractivity contribution in [2.24, 2.45) is 0 Å². The molecule has 0 atom stereocenters. The van der Waals surface area contributed by atoms with E-state index in [0.717, 1.165) is 11.1 Å². The molecule has 1 aliphatic rings. The lowest BCUT2D eigenvalue weighted by atomic mass is 10.1. The van der Waals surface area contributed by atoms with Crippen molar-refractivity contribution >= 4 is 21.6 Å². The largest absolute Gasteiger partial charge is 0.495 e. The maximum Gasteiger partial charge on any atom is 0.262 e. The Morgan fingerprint density at radius 3 is 2.40 bits per heavy atom. The first-order chi connectivity index (χ1) is 14.3. The third kappa shape index (κ3) is 5.29. The van der Waals surface area contributed by atoms with E-state index in [1.807, 2.05) is 32.0 Å². The van der Waals surface area contributed by atoms with E-state index in [2.05, 4.69) is 5.32 Å².